The maximum Gasteiger partial charge on any atom is 0.343 e. The van der Waals surface area contributed by atoms with Crippen LogP contribution in [0.25, 0.3) is 0 Å². The first-order valence-electron chi connectivity index (χ1n) is 5.81. The molecule has 0 unspecified atom stereocenters. The van der Waals surface area contributed by atoms with Crippen LogP contribution >= 0.6 is 11.8 Å². The van der Waals surface area contributed by atoms with Crippen molar-refractivity contribution in [3.05, 3.63) is 64.0 Å². The number of halogens is 1. The maximum absolute atomic E-state index is 13.0. The molecule has 0 aromatic heterocycles. The van der Waals surface area contributed by atoms with Crippen molar-refractivity contribution < 1.29 is 18.8 Å². The number of hydrogen-bond acceptors (Lipinski definition) is 5. The van der Waals surface area contributed by atoms with Crippen LogP contribution in [0.5, 0.6) is 5.75 Å². The highest BCUT2D eigenvalue weighted by Gasteiger charge is 2.18. The first-order valence-corrected chi connectivity index (χ1v) is 7.04. The first kappa shape index (κ1) is 15.0. The lowest BCUT2D eigenvalue weighted by molar-refractivity contribution is -0.387. The molecular weight excluding hydrogens is 297 g/mol. The van der Waals surface area contributed by atoms with Gasteiger partial charge in [0.2, 0.25) is 0 Å². The Morgan fingerprint density at radius 2 is 2.05 bits per heavy atom. The molecule has 0 heterocycles. The summed E-state index contributed by atoms with van der Waals surface area (Å²) in [5, 5.41) is 10.9. The molecule has 2 aromatic carbocycles. The van der Waals surface area contributed by atoms with Crippen molar-refractivity contribution in [2.45, 2.75) is 4.90 Å². The average Bonchev–Trinajstić information content (AvgIpc) is 2.46. The fraction of sp³-hybridized carbons (Fsp3) is 0.0714. The number of thioether (sulfide) groups is 1. The highest BCUT2D eigenvalue weighted by Crippen LogP contribution is 2.28. The lowest BCUT2D eigenvalue weighted by Crippen LogP contribution is -2.09. The van der Waals surface area contributed by atoms with Crippen molar-refractivity contribution in [3.8, 4) is 5.75 Å². The van der Waals surface area contributed by atoms with Crippen molar-refractivity contribution in [3.63, 3.8) is 0 Å². The third-order valence-electron chi connectivity index (χ3n) is 2.62. The molecule has 0 amide bonds. The molecule has 5 nitrogen and oxygen atoms in total. The molecule has 0 spiro atoms. The highest BCUT2D eigenvalue weighted by molar-refractivity contribution is 7.98. The summed E-state index contributed by atoms with van der Waals surface area (Å²) < 4.78 is 18.0. The molecule has 2 rings (SSSR count). The molecule has 0 radical (unpaired) electrons. The third-order valence-corrected chi connectivity index (χ3v) is 3.40. The Bertz CT molecular complexity index is 705. The van der Waals surface area contributed by atoms with E-state index in [4.69, 9.17) is 4.74 Å². The van der Waals surface area contributed by atoms with Gasteiger partial charge in [0.15, 0.2) is 0 Å². The van der Waals surface area contributed by atoms with Crippen LogP contribution in [0, 0.1) is 15.9 Å². The van der Waals surface area contributed by atoms with Crippen LogP contribution < -0.4 is 4.74 Å². The van der Waals surface area contributed by atoms with Crippen LogP contribution in [-0.2, 0) is 0 Å². The Morgan fingerprint density at radius 1 is 1.29 bits per heavy atom. The summed E-state index contributed by atoms with van der Waals surface area (Å²) in [7, 11) is 0. The zero-order valence-electron chi connectivity index (χ0n) is 10.9. The number of hydrogen-bond donors (Lipinski definition) is 0. The zero-order chi connectivity index (χ0) is 15.4. The molecule has 2 aromatic rings. The van der Waals surface area contributed by atoms with Crippen LogP contribution in [0.1, 0.15) is 10.4 Å². The molecule has 0 aliphatic carbocycles. The normalized spacial score (nSPS) is 10.2. The molecule has 0 fully saturated rings. The predicted molar refractivity (Wildman–Crippen MR) is 76.2 cm³/mol. The van der Waals surface area contributed by atoms with E-state index in [1.165, 1.54) is 42.1 Å². The summed E-state index contributed by atoms with van der Waals surface area (Å²) >= 11 is 1.21. The van der Waals surface area contributed by atoms with E-state index in [0.717, 1.165) is 12.1 Å². The van der Waals surface area contributed by atoms with Crippen LogP contribution in [0.3, 0.4) is 0 Å². The summed E-state index contributed by atoms with van der Waals surface area (Å²) in [6, 6.07) is 9.15. The Hall–Kier alpha value is -2.41. The Morgan fingerprint density at radius 3 is 2.67 bits per heavy atom. The number of ether oxygens (including phenoxy) is 1. The summed E-state index contributed by atoms with van der Waals surface area (Å²) in [6.07, 6.45) is 1.70. The minimum atomic E-state index is -0.781. The molecule has 0 saturated carbocycles. The highest BCUT2D eigenvalue weighted by atomic mass is 32.2. The standard InChI is InChI=1S/C14H10FNO4S/c1-21-13-6-5-9(7-12(13)16(18)19)14(17)20-11-4-2-3-10(15)8-11/h2-8H,1H3. The van der Waals surface area contributed by atoms with Gasteiger partial charge in [0, 0.05) is 12.1 Å². The van der Waals surface area contributed by atoms with Gasteiger partial charge in [-0.25, -0.2) is 9.18 Å². The number of rotatable bonds is 4. The van der Waals surface area contributed by atoms with Gasteiger partial charge in [0.05, 0.1) is 15.4 Å². The number of esters is 1. The third kappa shape index (κ3) is 3.57. The topological polar surface area (TPSA) is 69.4 Å². The number of nitro benzene ring substituents is 1. The van der Waals surface area contributed by atoms with Crippen LogP contribution in [-0.4, -0.2) is 17.1 Å². The van der Waals surface area contributed by atoms with E-state index in [0.29, 0.717) is 4.90 Å². The number of nitrogens with zero attached hydrogens (tertiary/aromatic N) is 1. The second-order valence-electron chi connectivity index (χ2n) is 3.99. The maximum atomic E-state index is 13.0. The van der Waals surface area contributed by atoms with Crippen molar-refractivity contribution in [1.29, 1.82) is 0 Å². The molecular formula is C14H10FNO4S. The molecule has 0 bridgehead atoms. The molecule has 0 atom stereocenters. The molecule has 0 aliphatic rings. The van der Waals surface area contributed by atoms with Gasteiger partial charge in [-0.1, -0.05) is 6.07 Å². The average molecular weight is 307 g/mol. The quantitative estimate of drug-likeness (QED) is 0.283. The minimum absolute atomic E-state index is 0.0313. The summed E-state index contributed by atoms with van der Waals surface area (Å²) in [5.41, 5.74) is -0.139. The second-order valence-corrected chi connectivity index (χ2v) is 4.84. The number of carbonyl (C=O) groups is 1. The summed E-state index contributed by atoms with van der Waals surface area (Å²) in [4.78, 5) is 22.8. The Labute approximate surface area is 123 Å². The Balaban J connectivity index is 2.27. The molecule has 108 valence electrons. The SMILES string of the molecule is CSc1ccc(C(=O)Oc2cccc(F)c2)cc1[N+](=O)[O-]. The van der Waals surface area contributed by atoms with Gasteiger partial charge in [-0.2, -0.15) is 0 Å². The van der Waals surface area contributed by atoms with Gasteiger partial charge in [0.1, 0.15) is 11.6 Å². The van der Waals surface area contributed by atoms with E-state index >= 15 is 0 Å². The van der Waals surface area contributed by atoms with Crippen molar-refractivity contribution in [2.75, 3.05) is 6.26 Å². The Kier molecular flexibility index (Phi) is 4.54. The largest absolute Gasteiger partial charge is 0.423 e. The first-order chi connectivity index (χ1) is 10.0. The van der Waals surface area contributed by atoms with Crippen LogP contribution in [0.4, 0.5) is 10.1 Å². The lowest BCUT2D eigenvalue weighted by Gasteiger charge is -2.05. The van der Waals surface area contributed by atoms with Crippen molar-refractivity contribution in [2.24, 2.45) is 0 Å². The number of nitro groups is 1. The minimum Gasteiger partial charge on any atom is -0.423 e. The summed E-state index contributed by atoms with van der Waals surface area (Å²) in [6.45, 7) is 0. The molecule has 0 N–H and O–H groups in total. The van der Waals surface area contributed by atoms with E-state index in [-0.39, 0.29) is 17.0 Å². The van der Waals surface area contributed by atoms with Gasteiger partial charge in [-0.05, 0) is 30.5 Å². The monoisotopic (exact) mass is 307 g/mol. The van der Waals surface area contributed by atoms with E-state index in [1.54, 1.807) is 6.26 Å². The van der Waals surface area contributed by atoms with Gasteiger partial charge < -0.3 is 4.74 Å². The van der Waals surface area contributed by atoms with E-state index in [9.17, 15) is 19.3 Å². The van der Waals surface area contributed by atoms with Gasteiger partial charge >= 0.3 is 5.97 Å². The number of benzene rings is 2. The van der Waals surface area contributed by atoms with E-state index in [1.807, 2.05) is 0 Å². The zero-order valence-corrected chi connectivity index (χ0v) is 11.7. The van der Waals surface area contributed by atoms with Crippen molar-refractivity contribution >= 4 is 23.4 Å². The van der Waals surface area contributed by atoms with E-state index < -0.39 is 16.7 Å². The molecule has 21 heavy (non-hydrogen) atoms. The molecule has 0 saturated heterocycles. The van der Waals surface area contributed by atoms with Gasteiger partial charge in [0.25, 0.3) is 5.69 Å². The number of carbonyl (C=O) groups excluding carboxylic acids is 1. The van der Waals surface area contributed by atoms with Gasteiger partial charge in [-0.3, -0.25) is 10.1 Å². The molecule has 0 aliphatic heterocycles. The fourth-order valence-electron chi connectivity index (χ4n) is 1.66. The van der Waals surface area contributed by atoms with Crippen LogP contribution in [0.15, 0.2) is 47.4 Å². The summed E-state index contributed by atoms with van der Waals surface area (Å²) in [5.74, 6) is -1.28. The van der Waals surface area contributed by atoms with Crippen molar-refractivity contribution in [1.82, 2.24) is 0 Å². The fourth-order valence-corrected chi connectivity index (χ4v) is 2.20. The molecule has 7 heteroatoms. The van der Waals surface area contributed by atoms with E-state index in [2.05, 4.69) is 0 Å². The predicted octanol–water partition coefficient (Wildman–Crippen LogP) is 3.68. The lowest BCUT2D eigenvalue weighted by atomic mass is 10.2. The van der Waals surface area contributed by atoms with Gasteiger partial charge in [-0.15, -0.1) is 11.8 Å². The second kappa shape index (κ2) is 6.36. The van der Waals surface area contributed by atoms with Crippen LogP contribution in [0.2, 0.25) is 0 Å². The smallest absolute Gasteiger partial charge is 0.343 e.